The average molecular weight is 480 g/mol. The Bertz CT molecular complexity index is 837. The number of fused-ring (bicyclic) bond motifs is 2. The number of aliphatic hydroxyl groups excluding tert-OH is 1. The van der Waals surface area contributed by atoms with Gasteiger partial charge < -0.3 is 30.1 Å². The number of hydrogen-bond acceptors (Lipinski definition) is 7. The molecule has 3 rings (SSSR count). The van der Waals surface area contributed by atoms with Crippen molar-refractivity contribution >= 4 is 23.9 Å². The normalized spacial score (nSPS) is 33.4. The number of allylic oxidation sites excluding steroid dienone is 1. The van der Waals surface area contributed by atoms with E-state index in [1.165, 1.54) is 12.0 Å². The van der Waals surface area contributed by atoms with Crippen molar-refractivity contribution in [2.24, 2.45) is 5.92 Å². The Hall–Kier alpha value is -2.62. The molecule has 0 spiro atoms. The number of carbonyl (C=O) groups is 4. The lowest BCUT2D eigenvalue weighted by molar-refractivity contribution is -0.148. The van der Waals surface area contributed by atoms with E-state index >= 15 is 0 Å². The van der Waals surface area contributed by atoms with Gasteiger partial charge in [-0.1, -0.05) is 25.0 Å². The van der Waals surface area contributed by atoms with Crippen molar-refractivity contribution in [2.45, 2.75) is 95.0 Å². The SMILES string of the molecule is COC(=O)[C@@]12C[C@H]1/C=C\CCCCC[C@H](NC(=O)OC(C)(C)C)C(=O)N1C[C@H](O)C[C@H]1C(=O)N2. The highest BCUT2D eigenvalue weighted by Gasteiger charge is 2.62. The summed E-state index contributed by atoms with van der Waals surface area (Å²) in [7, 11) is 1.28. The molecule has 0 aromatic rings. The van der Waals surface area contributed by atoms with Gasteiger partial charge in [0.05, 0.1) is 13.2 Å². The van der Waals surface area contributed by atoms with Gasteiger partial charge in [-0.2, -0.15) is 0 Å². The van der Waals surface area contributed by atoms with Gasteiger partial charge in [0.25, 0.3) is 0 Å². The fourth-order valence-corrected chi connectivity index (χ4v) is 4.70. The largest absolute Gasteiger partial charge is 0.467 e. The van der Waals surface area contributed by atoms with Gasteiger partial charge in [0.15, 0.2) is 0 Å². The molecule has 0 aromatic carbocycles. The monoisotopic (exact) mass is 479 g/mol. The van der Waals surface area contributed by atoms with Crippen molar-refractivity contribution < 1.29 is 33.8 Å². The van der Waals surface area contributed by atoms with E-state index in [1.54, 1.807) is 20.8 Å². The van der Waals surface area contributed by atoms with Crippen LogP contribution in [0.1, 0.15) is 65.7 Å². The molecule has 3 aliphatic rings. The van der Waals surface area contributed by atoms with Gasteiger partial charge in [-0.05, 0) is 46.5 Å². The van der Waals surface area contributed by atoms with E-state index in [9.17, 15) is 24.3 Å². The number of esters is 1. The van der Waals surface area contributed by atoms with Gasteiger partial charge in [-0.3, -0.25) is 9.59 Å². The minimum atomic E-state index is -1.15. The zero-order valence-corrected chi connectivity index (χ0v) is 20.5. The molecule has 0 aromatic heterocycles. The number of rotatable bonds is 2. The highest BCUT2D eigenvalue weighted by atomic mass is 16.6. The first kappa shape index (κ1) is 26.0. The molecule has 0 radical (unpaired) electrons. The van der Waals surface area contributed by atoms with Gasteiger partial charge in [-0.15, -0.1) is 0 Å². The van der Waals surface area contributed by atoms with E-state index in [0.29, 0.717) is 19.3 Å². The van der Waals surface area contributed by atoms with Gasteiger partial charge >= 0.3 is 12.1 Å². The second-order valence-electron chi connectivity index (χ2n) is 10.4. The summed E-state index contributed by atoms with van der Waals surface area (Å²) in [5.74, 6) is -1.67. The maximum absolute atomic E-state index is 13.5. The van der Waals surface area contributed by atoms with Crippen molar-refractivity contribution in [1.82, 2.24) is 15.5 Å². The van der Waals surface area contributed by atoms with Crippen LogP contribution in [0.2, 0.25) is 0 Å². The first-order valence-corrected chi connectivity index (χ1v) is 12.0. The predicted molar refractivity (Wildman–Crippen MR) is 123 cm³/mol. The standard InChI is InChI=1S/C24H37N3O7/c1-23(2,3)34-22(32)25-17-11-9-7-5-6-8-10-15-13-24(15,21(31)33-4)26-19(29)18-12-16(28)14-27(18)20(17)30/h8,10,15-18,28H,5-7,9,11-14H2,1-4H3,(H,25,32)(H,26,29)/b10-8-/t15-,16-,17+,18+,24-/m1/s1. The number of nitrogens with one attached hydrogen (secondary N) is 2. The topological polar surface area (TPSA) is 134 Å². The number of carbonyl (C=O) groups excluding carboxylic acids is 4. The summed E-state index contributed by atoms with van der Waals surface area (Å²) in [4.78, 5) is 53.0. The van der Waals surface area contributed by atoms with Crippen LogP contribution in [0.5, 0.6) is 0 Å². The molecule has 5 atom stereocenters. The van der Waals surface area contributed by atoms with Crippen LogP contribution in [-0.4, -0.2) is 76.9 Å². The van der Waals surface area contributed by atoms with Crippen LogP contribution < -0.4 is 10.6 Å². The lowest BCUT2D eigenvalue weighted by Gasteiger charge is -2.30. The molecule has 1 aliphatic carbocycles. The Morgan fingerprint density at radius 1 is 1.24 bits per heavy atom. The zero-order valence-electron chi connectivity index (χ0n) is 20.5. The number of methoxy groups -OCH3 is 1. The molecule has 190 valence electrons. The molecule has 1 saturated heterocycles. The number of aliphatic hydroxyl groups is 1. The van der Waals surface area contributed by atoms with Crippen molar-refractivity contribution in [3.05, 3.63) is 12.2 Å². The summed E-state index contributed by atoms with van der Waals surface area (Å²) in [6, 6.07) is -1.85. The maximum Gasteiger partial charge on any atom is 0.408 e. The molecular weight excluding hydrogens is 442 g/mol. The fourth-order valence-electron chi connectivity index (χ4n) is 4.70. The summed E-state index contributed by atoms with van der Waals surface area (Å²) < 4.78 is 10.3. The van der Waals surface area contributed by atoms with Gasteiger partial charge in [0.2, 0.25) is 11.8 Å². The lowest BCUT2D eigenvalue weighted by Crippen LogP contribution is -2.56. The van der Waals surface area contributed by atoms with Crippen LogP contribution in [0.15, 0.2) is 12.2 Å². The molecule has 1 saturated carbocycles. The van der Waals surface area contributed by atoms with Crippen molar-refractivity contribution in [1.29, 1.82) is 0 Å². The Kier molecular flexibility index (Phi) is 7.90. The van der Waals surface area contributed by atoms with Crippen LogP contribution in [0, 0.1) is 5.92 Å². The molecule has 34 heavy (non-hydrogen) atoms. The zero-order chi connectivity index (χ0) is 25.1. The number of ether oxygens (including phenoxy) is 2. The van der Waals surface area contributed by atoms with E-state index in [-0.39, 0.29) is 18.9 Å². The Morgan fingerprint density at radius 2 is 1.97 bits per heavy atom. The van der Waals surface area contributed by atoms with Crippen molar-refractivity contribution in [3.63, 3.8) is 0 Å². The van der Waals surface area contributed by atoms with E-state index in [4.69, 9.17) is 9.47 Å². The molecule has 2 fully saturated rings. The fraction of sp³-hybridized carbons (Fsp3) is 0.750. The maximum atomic E-state index is 13.5. The lowest BCUT2D eigenvalue weighted by atomic mass is 10.0. The summed E-state index contributed by atoms with van der Waals surface area (Å²) in [6.45, 7) is 5.17. The summed E-state index contributed by atoms with van der Waals surface area (Å²) in [6.07, 6.45) is 6.45. The summed E-state index contributed by atoms with van der Waals surface area (Å²) in [5, 5.41) is 15.7. The average Bonchev–Trinajstić information content (AvgIpc) is 3.29. The molecule has 2 heterocycles. The highest BCUT2D eigenvalue weighted by Crippen LogP contribution is 2.46. The molecule has 0 bridgehead atoms. The van der Waals surface area contributed by atoms with Gasteiger partial charge in [0, 0.05) is 18.9 Å². The van der Waals surface area contributed by atoms with E-state index in [1.807, 2.05) is 12.2 Å². The third kappa shape index (κ3) is 6.08. The third-order valence-electron chi connectivity index (χ3n) is 6.50. The minimum absolute atomic E-state index is 0.0298. The van der Waals surface area contributed by atoms with Crippen LogP contribution in [-0.2, 0) is 23.9 Å². The predicted octanol–water partition coefficient (Wildman–Crippen LogP) is 1.41. The smallest absolute Gasteiger partial charge is 0.408 e. The Labute approximate surface area is 200 Å². The molecule has 0 unspecified atom stereocenters. The summed E-state index contributed by atoms with van der Waals surface area (Å²) >= 11 is 0. The van der Waals surface area contributed by atoms with Crippen LogP contribution >= 0.6 is 0 Å². The molecule has 10 nitrogen and oxygen atoms in total. The Balaban J connectivity index is 1.84. The molecular formula is C24H37N3O7. The molecule has 10 heteroatoms. The third-order valence-corrected chi connectivity index (χ3v) is 6.50. The number of nitrogens with zero attached hydrogens (tertiary/aromatic N) is 1. The first-order valence-electron chi connectivity index (χ1n) is 12.0. The van der Waals surface area contributed by atoms with Crippen molar-refractivity contribution in [2.75, 3.05) is 13.7 Å². The van der Waals surface area contributed by atoms with Gasteiger partial charge in [-0.25, -0.2) is 9.59 Å². The summed E-state index contributed by atoms with van der Waals surface area (Å²) in [5.41, 5.74) is -1.88. The highest BCUT2D eigenvalue weighted by molar-refractivity contribution is 5.96. The molecule has 3 N–H and O–H groups in total. The molecule has 2 aliphatic heterocycles. The Morgan fingerprint density at radius 3 is 2.65 bits per heavy atom. The second-order valence-corrected chi connectivity index (χ2v) is 10.4. The molecule has 3 amide bonds. The van der Waals surface area contributed by atoms with Crippen LogP contribution in [0.25, 0.3) is 0 Å². The first-order chi connectivity index (χ1) is 16.0. The van der Waals surface area contributed by atoms with Crippen LogP contribution in [0.4, 0.5) is 4.79 Å². The number of hydrogen-bond donors (Lipinski definition) is 3. The number of alkyl carbamates (subject to hydrolysis) is 1. The van der Waals surface area contributed by atoms with Crippen LogP contribution in [0.3, 0.4) is 0 Å². The second kappa shape index (κ2) is 10.3. The minimum Gasteiger partial charge on any atom is -0.467 e. The van der Waals surface area contributed by atoms with Gasteiger partial charge in [0.1, 0.15) is 23.2 Å². The van der Waals surface area contributed by atoms with Crippen molar-refractivity contribution in [3.8, 4) is 0 Å². The number of amides is 3. The van der Waals surface area contributed by atoms with E-state index in [2.05, 4.69) is 10.6 Å². The van der Waals surface area contributed by atoms with E-state index in [0.717, 1.165) is 19.3 Å². The van der Waals surface area contributed by atoms with E-state index < -0.39 is 53.2 Å². The quantitative estimate of drug-likeness (QED) is 0.403.